The second-order valence-corrected chi connectivity index (χ2v) is 11.9. The van der Waals surface area contributed by atoms with Gasteiger partial charge in [-0.05, 0) is 35.1 Å². The summed E-state index contributed by atoms with van der Waals surface area (Å²) in [4.78, 5) is 15.5. The summed E-state index contributed by atoms with van der Waals surface area (Å²) < 4.78 is 40.3. The third-order valence-electron chi connectivity index (χ3n) is 6.28. The van der Waals surface area contributed by atoms with Gasteiger partial charge in [0.05, 0.1) is 17.5 Å². The maximum Gasteiger partial charge on any atom is 0.164 e. The summed E-state index contributed by atoms with van der Waals surface area (Å²) in [6.45, 7) is 5.06. The van der Waals surface area contributed by atoms with Gasteiger partial charge in [-0.25, -0.2) is 27.8 Å². The number of halogens is 1. The van der Waals surface area contributed by atoms with Crippen LogP contribution in [0.25, 0.3) is 22.2 Å². The Morgan fingerprint density at radius 3 is 2.58 bits per heavy atom. The molecular weight excluding hydrogens is 481 g/mol. The van der Waals surface area contributed by atoms with E-state index in [9.17, 15) is 8.42 Å². The van der Waals surface area contributed by atoms with Gasteiger partial charge < -0.3 is 10.2 Å². The minimum absolute atomic E-state index is 0.0394. The highest BCUT2D eigenvalue weighted by atomic mass is 32.2. The molecule has 36 heavy (non-hydrogen) atoms. The molecule has 0 radical (unpaired) electrons. The molecule has 0 aliphatic carbocycles. The zero-order valence-electron chi connectivity index (χ0n) is 20.6. The fourth-order valence-corrected chi connectivity index (χ4v) is 5.81. The Balaban J connectivity index is 1.48. The van der Waals surface area contributed by atoms with Gasteiger partial charge in [0.25, 0.3) is 0 Å². The van der Waals surface area contributed by atoms with Crippen LogP contribution in [0.4, 0.5) is 21.7 Å². The lowest BCUT2D eigenvalue weighted by atomic mass is 9.93. The van der Waals surface area contributed by atoms with Crippen molar-refractivity contribution in [1.29, 1.82) is 0 Å². The molecule has 1 aliphatic rings. The van der Waals surface area contributed by atoms with Crippen molar-refractivity contribution in [3.8, 4) is 11.4 Å². The first-order valence-electron chi connectivity index (χ1n) is 11.7. The molecule has 1 aromatic carbocycles. The standard InChI is InChI=1S/C25H28FN7O2S/c1-15(2)24-18-7-23(30-22-5-6-27-25(31-22)17-9-29-32(3)13-17)28-10-19(18)21(8-20(24)26)33-11-16(12-33)14-36(4,34)35/h5-10,13,15-16H,11-12,14H2,1-4H3,(H,27,28,30,31). The van der Waals surface area contributed by atoms with Gasteiger partial charge in [-0.3, -0.25) is 4.68 Å². The molecule has 0 amide bonds. The van der Waals surface area contributed by atoms with Crippen LogP contribution in [0.2, 0.25) is 0 Å². The van der Waals surface area contributed by atoms with E-state index in [1.54, 1.807) is 35.4 Å². The lowest BCUT2D eigenvalue weighted by Gasteiger charge is -2.41. The van der Waals surface area contributed by atoms with Crippen molar-refractivity contribution >= 4 is 37.9 Å². The maximum absolute atomic E-state index is 15.3. The minimum Gasteiger partial charge on any atom is -0.370 e. The maximum atomic E-state index is 15.3. The number of benzene rings is 1. The number of pyridine rings is 1. The SMILES string of the molecule is CC(C)c1c(F)cc(N2CC(CS(C)(=O)=O)C2)c2cnc(Nc3ccnc(-c4cnn(C)c4)n3)cc12. The molecule has 4 heterocycles. The first-order valence-corrected chi connectivity index (χ1v) is 13.8. The lowest BCUT2D eigenvalue weighted by molar-refractivity contribution is 0.444. The monoisotopic (exact) mass is 509 g/mol. The molecule has 188 valence electrons. The molecule has 0 atom stereocenters. The van der Waals surface area contributed by atoms with Crippen LogP contribution in [0.3, 0.4) is 0 Å². The van der Waals surface area contributed by atoms with E-state index < -0.39 is 9.84 Å². The van der Waals surface area contributed by atoms with Gasteiger partial charge in [-0.1, -0.05) is 13.8 Å². The Kier molecular flexibility index (Phi) is 6.11. The van der Waals surface area contributed by atoms with Crippen LogP contribution in [-0.4, -0.2) is 58.2 Å². The molecule has 1 aliphatic heterocycles. The average molecular weight is 510 g/mol. The number of fused-ring (bicyclic) bond motifs is 1. The van der Waals surface area contributed by atoms with Gasteiger partial charge in [-0.2, -0.15) is 5.10 Å². The average Bonchev–Trinajstić information content (AvgIpc) is 3.21. The number of hydrogen-bond acceptors (Lipinski definition) is 8. The van der Waals surface area contributed by atoms with Crippen molar-refractivity contribution in [2.24, 2.45) is 13.0 Å². The third kappa shape index (κ3) is 4.88. The Morgan fingerprint density at radius 1 is 1.14 bits per heavy atom. The quantitative estimate of drug-likeness (QED) is 0.400. The van der Waals surface area contributed by atoms with Crippen molar-refractivity contribution in [1.82, 2.24) is 24.7 Å². The second-order valence-electron chi connectivity index (χ2n) is 9.72. The topological polar surface area (TPSA) is 106 Å². The molecule has 0 spiro atoms. The summed E-state index contributed by atoms with van der Waals surface area (Å²) in [5.74, 6) is 1.50. The van der Waals surface area contributed by atoms with Gasteiger partial charge in [0, 0.05) is 62.0 Å². The summed E-state index contributed by atoms with van der Waals surface area (Å²) in [6.07, 6.45) is 8.18. The van der Waals surface area contributed by atoms with Gasteiger partial charge >= 0.3 is 0 Å². The molecule has 0 bridgehead atoms. The molecule has 11 heteroatoms. The Labute approximate surface area is 209 Å². The zero-order chi connectivity index (χ0) is 25.6. The van der Waals surface area contributed by atoms with Crippen LogP contribution in [0.5, 0.6) is 0 Å². The summed E-state index contributed by atoms with van der Waals surface area (Å²) in [5, 5.41) is 8.99. The van der Waals surface area contributed by atoms with Crippen molar-refractivity contribution in [3.63, 3.8) is 0 Å². The number of nitrogens with one attached hydrogen (secondary N) is 1. The highest BCUT2D eigenvalue weighted by molar-refractivity contribution is 7.90. The zero-order valence-corrected chi connectivity index (χ0v) is 21.4. The molecule has 3 aromatic heterocycles. The Hall–Kier alpha value is -3.60. The van der Waals surface area contributed by atoms with E-state index in [1.165, 1.54) is 6.26 Å². The van der Waals surface area contributed by atoms with Crippen molar-refractivity contribution < 1.29 is 12.8 Å². The largest absolute Gasteiger partial charge is 0.370 e. The van der Waals surface area contributed by atoms with Crippen LogP contribution in [0.1, 0.15) is 25.3 Å². The number of aromatic nitrogens is 5. The minimum atomic E-state index is -3.05. The summed E-state index contributed by atoms with van der Waals surface area (Å²) in [5.41, 5.74) is 2.15. The predicted octanol–water partition coefficient (Wildman–Crippen LogP) is 3.91. The Morgan fingerprint density at radius 2 is 1.92 bits per heavy atom. The molecule has 1 N–H and O–H groups in total. The van der Waals surface area contributed by atoms with Crippen molar-refractivity contribution in [3.05, 3.63) is 54.4 Å². The van der Waals surface area contributed by atoms with Crippen LogP contribution in [0, 0.1) is 11.7 Å². The highest BCUT2D eigenvalue weighted by Crippen LogP contribution is 2.38. The van der Waals surface area contributed by atoms with Gasteiger partial charge in [0.15, 0.2) is 5.82 Å². The van der Waals surface area contributed by atoms with Crippen molar-refractivity contribution in [2.45, 2.75) is 19.8 Å². The molecule has 1 saturated heterocycles. The molecule has 1 fully saturated rings. The molecular formula is C25H28FN7O2S. The van der Waals surface area contributed by atoms with Crippen molar-refractivity contribution in [2.75, 3.05) is 35.3 Å². The van der Waals surface area contributed by atoms with E-state index in [4.69, 9.17) is 0 Å². The predicted molar refractivity (Wildman–Crippen MR) is 139 cm³/mol. The second kappa shape index (κ2) is 9.12. The smallest absolute Gasteiger partial charge is 0.164 e. The highest BCUT2D eigenvalue weighted by Gasteiger charge is 2.31. The first-order chi connectivity index (χ1) is 17.1. The molecule has 0 saturated carbocycles. The van der Waals surface area contributed by atoms with Crippen LogP contribution in [-0.2, 0) is 16.9 Å². The number of sulfone groups is 1. The van der Waals surface area contributed by atoms with Gasteiger partial charge in [-0.15, -0.1) is 0 Å². The number of rotatable bonds is 7. The third-order valence-corrected chi connectivity index (χ3v) is 7.36. The number of hydrogen-bond donors (Lipinski definition) is 1. The van der Waals surface area contributed by atoms with E-state index in [1.807, 2.05) is 38.1 Å². The molecule has 4 aromatic rings. The summed E-state index contributed by atoms with van der Waals surface area (Å²) in [7, 11) is -1.22. The van der Waals surface area contributed by atoms with E-state index in [-0.39, 0.29) is 23.4 Å². The van der Waals surface area contributed by atoms with Gasteiger partial charge in [0.1, 0.15) is 27.3 Å². The van der Waals surface area contributed by atoms with Crippen LogP contribution >= 0.6 is 0 Å². The van der Waals surface area contributed by atoms with E-state index in [0.29, 0.717) is 36.1 Å². The van der Waals surface area contributed by atoms with E-state index in [0.717, 1.165) is 22.0 Å². The van der Waals surface area contributed by atoms with E-state index in [2.05, 4.69) is 25.4 Å². The number of anilines is 3. The fraction of sp³-hybridized carbons (Fsp3) is 0.360. The normalized spacial score (nSPS) is 14.4. The fourth-order valence-electron chi connectivity index (χ4n) is 4.74. The molecule has 5 rings (SSSR count). The number of aryl methyl sites for hydroxylation is 1. The van der Waals surface area contributed by atoms with E-state index >= 15 is 4.39 Å². The molecule has 0 unspecified atom stereocenters. The lowest BCUT2D eigenvalue weighted by Crippen LogP contribution is -2.49. The Bertz CT molecular complexity index is 1550. The van der Waals surface area contributed by atoms with Crippen LogP contribution in [0.15, 0.2) is 43.0 Å². The molecule has 9 nitrogen and oxygen atoms in total. The number of nitrogens with zero attached hydrogens (tertiary/aromatic N) is 6. The van der Waals surface area contributed by atoms with Gasteiger partial charge in [0.2, 0.25) is 0 Å². The summed E-state index contributed by atoms with van der Waals surface area (Å²) in [6, 6.07) is 5.14. The summed E-state index contributed by atoms with van der Waals surface area (Å²) >= 11 is 0. The first kappa shape index (κ1) is 24.1. The van der Waals surface area contributed by atoms with Crippen LogP contribution < -0.4 is 10.2 Å².